The van der Waals surface area contributed by atoms with Crippen LogP contribution in [-0.2, 0) is 20.1 Å². The Kier molecular flexibility index (Phi) is 7.71. The summed E-state index contributed by atoms with van der Waals surface area (Å²) in [5.41, 5.74) is 8.50. The summed E-state index contributed by atoms with van der Waals surface area (Å²) < 4.78 is 47.6. The molecular formula is C40H32IrN2S-2. The van der Waals surface area contributed by atoms with Crippen LogP contribution in [0.4, 0.5) is 0 Å². The van der Waals surface area contributed by atoms with Gasteiger partial charge in [0.2, 0.25) is 0 Å². The summed E-state index contributed by atoms with van der Waals surface area (Å²) in [6.07, 6.45) is 3.18. The van der Waals surface area contributed by atoms with Gasteiger partial charge < -0.3 is 9.97 Å². The van der Waals surface area contributed by atoms with Crippen molar-refractivity contribution in [3.05, 3.63) is 155 Å². The molecule has 4 heteroatoms. The molecule has 3 aromatic heterocycles. The van der Waals surface area contributed by atoms with E-state index in [1.54, 1.807) is 23.5 Å². The second-order valence-corrected chi connectivity index (χ2v) is 11.4. The van der Waals surface area contributed by atoms with Crippen molar-refractivity contribution in [3.63, 3.8) is 0 Å². The monoisotopic (exact) mass is 771 g/mol. The largest absolute Gasteiger partial charge is 0.305 e. The maximum atomic E-state index is 7.98. The Morgan fingerprint density at radius 3 is 2.32 bits per heavy atom. The molecule has 0 unspecified atom stereocenters. The van der Waals surface area contributed by atoms with E-state index in [0.717, 1.165) is 22.2 Å². The third-order valence-corrected chi connectivity index (χ3v) is 8.52. The molecule has 0 saturated heterocycles. The fourth-order valence-corrected chi connectivity index (χ4v) is 5.93. The number of benzene rings is 4. The molecular weight excluding hydrogens is 733 g/mol. The van der Waals surface area contributed by atoms with E-state index in [1.807, 2.05) is 72.9 Å². The Hall–Kier alpha value is -4.21. The molecule has 0 amide bonds. The molecule has 44 heavy (non-hydrogen) atoms. The van der Waals surface area contributed by atoms with Crippen LogP contribution in [0.25, 0.3) is 54.9 Å². The summed E-state index contributed by atoms with van der Waals surface area (Å²) >= 11 is 1.72. The number of aryl methyl sites for hydroxylation is 4. The minimum Gasteiger partial charge on any atom is -0.305 e. The van der Waals surface area contributed by atoms with Gasteiger partial charge >= 0.3 is 0 Å². The van der Waals surface area contributed by atoms with Crippen molar-refractivity contribution in [3.8, 4) is 44.8 Å². The van der Waals surface area contributed by atoms with Crippen LogP contribution in [0.3, 0.4) is 0 Å². The Morgan fingerprint density at radius 2 is 1.57 bits per heavy atom. The average molecular weight is 771 g/mol. The predicted molar refractivity (Wildman–Crippen MR) is 182 cm³/mol. The smallest absolute Gasteiger partial charge is 0.0348 e. The normalized spacial score (nSPS) is 13.1. The topological polar surface area (TPSA) is 25.8 Å². The Bertz CT molecular complexity index is 2160. The molecule has 0 N–H and O–H groups in total. The second-order valence-electron chi connectivity index (χ2n) is 10.2. The number of hydrogen-bond donors (Lipinski definition) is 0. The van der Waals surface area contributed by atoms with E-state index >= 15 is 0 Å². The zero-order valence-electron chi connectivity index (χ0n) is 30.2. The Labute approximate surface area is 286 Å². The Balaban J connectivity index is 0.000000217. The zero-order valence-corrected chi connectivity index (χ0v) is 27.4. The number of nitrogens with zero attached hydrogens (tertiary/aromatic N) is 2. The van der Waals surface area contributed by atoms with Crippen LogP contribution < -0.4 is 0 Å². The quantitative estimate of drug-likeness (QED) is 0.167. The van der Waals surface area contributed by atoms with E-state index in [9.17, 15) is 0 Å². The first-order valence-electron chi connectivity index (χ1n) is 16.9. The molecule has 0 aliphatic heterocycles. The molecule has 0 aliphatic carbocycles. The number of thiophene rings is 1. The van der Waals surface area contributed by atoms with E-state index in [4.69, 9.17) is 8.22 Å². The molecule has 0 spiro atoms. The fraction of sp³-hybridized carbons (Fsp3) is 0.100. The minimum absolute atomic E-state index is 0. The van der Waals surface area contributed by atoms with Gasteiger partial charge in [-0.15, -0.1) is 76.6 Å². The molecule has 1 radical (unpaired) electrons. The van der Waals surface area contributed by atoms with E-state index in [2.05, 4.69) is 54.1 Å². The summed E-state index contributed by atoms with van der Waals surface area (Å²) in [6, 6.07) is 41.0. The van der Waals surface area contributed by atoms with Crippen LogP contribution in [-0.4, -0.2) is 9.97 Å². The summed E-state index contributed by atoms with van der Waals surface area (Å²) in [5.74, 6) is 0. The summed E-state index contributed by atoms with van der Waals surface area (Å²) in [6.45, 7) is -0.365. The van der Waals surface area contributed by atoms with Gasteiger partial charge in [0.15, 0.2) is 0 Å². The molecule has 7 rings (SSSR count). The van der Waals surface area contributed by atoms with Crippen LogP contribution in [0, 0.1) is 39.7 Å². The number of rotatable bonds is 4. The van der Waals surface area contributed by atoms with Gasteiger partial charge in [0.25, 0.3) is 0 Å². The summed E-state index contributed by atoms with van der Waals surface area (Å²) in [4.78, 5) is 9.92. The van der Waals surface area contributed by atoms with Crippen LogP contribution in [0.2, 0.25) is 0 Å². The molecule has 0 fully saturated rings. The SMILES string of the molecule is [2H]C([2H])([2H])c1ccc(-c2[c-]cc(C([2H])([2H])[2H])c(-c3ccc4sc(C)c(C)c4c3)c2)nc1.[Ir].[c-]1ccccc1-c1cc(-c2ccccc2)ccn1. The first-order chi connectivity index (χ1) is 23.4. The second kappa shape index (κ2) is 14.1. The van der Waals surface area contributed by atoms with Gasteiger partial charge in [0.1, 0.15) is 0 Å². The number of pyridine rings is 2. The van der Waals surface area contributed by atoms with Gasteiger partial charge in [0.05, 0.1) is 0 Å². The molecule has 0 bridgehead atoms. The standard InChI is InChI=1S/C23H20NS.C17H12N.Ir/c1-14-5-9-22(24-13-14)19-7-6-15(2)20(12-19)18-8-10-23-21(11-18)16(3)17(4)25-23;1-3-7-14(8-4-1)16-11-12-18-17(13-16)15-9-5-2-6-10-15;/h5-6,8-13H,1-4H3;1-9,11-13H;/q2*-1;/i1D3,2D3;;. The van der Waals surface area contributed by atoms with Crippen LogP contribution in [0.15, 0.2) is 122 Å². The van der Waals surface area contributed by atoms with Gasteiger partial charge in [-0.2, -0.15) is 0 Å². The van der Waals surface area contributed by atoms with E-state index in [0.29, 0.717) is 16.8 Å². The number of hydrogen-bond acceptors (Lipinski definition) is 3. The van der Waals surface area contributed by atoms with Crippen molar-refractivity contribution in [2.45, 2.75) is 27.6 Å². The summed E-state index contributed by atoms with van der Waals surface area (Å²) in [5, 5.41) is 1.12. The number of fused-ring (bicyclic) bond motifs is 1. The first-order valence-corrected chi connectivity index (χ1v) is 14.7. The third kappa shape index (κ3) is 6.95. The van der Waals surface area contributed by atoms with Gasteiger partial charge in [0, 0.05) is 50.3 Å². The maximum Gasteiger partial charge on any atom is 0.0348 e. The van der Waals surface area contributed by atoms with Crippen LogP contribution in [0.5, 0.6) is 0 Å². The van der Waals surface area contributed by atoms with E-state index in [1.165, 1.54) is 44.6 Å². The molecule has 0 aliphatic rings. The molecule has 0 atom stereocenters. The predicted octanol–water partition coefficient (Wildman–Crippen LogP) is 10.9. The summed E-state index contributed by atoms with van der Waals surface area (Å²) in [7, 11) is 0. The van der Waals surface area contributed by atoms with Gasteiger partial charge in [-0.25, -0.2) is 0 Å². The van der Waals surface area contributed by atoms with Crippen molar-refractivity contribution in [1.29, 1.82) is 0 Å². The molecule has 219 valence electrons. The third-order valence-electron chi connectivity index (χ3n) is 7.33. The zero-order chi connectivity index (χ0) is 34.8. The molecule has 0 saturated carbocycles. The van der Waals surface area contributed by atoms with E-state index in [-0.39, 0.29) is 31.2 Å². The van der Waals surface area contributed by atoms with Crippen molar-refractivity contribution >= 4 is 21.4 Å². The van der Waals surface area contributed by atoms with Gasteiger partial charge in [-0.3, -0.25) is 0 Å². The van der Waals surface area contributed by atoms with Gasteiger partial charge in [-0.05, 0) is 83.5 Å². The maximum absolute atomic E-state index is 7.98. The fourth-order valence-electron chi connectivity index (χ4n) is 4.88. The van der Waals surface area contributed by atoms with Crippen molar-refractivity contribution in [2.24, 2.45) is 0 Å². The Morgan fingerprint density at radius 1 is 0.705 bits per heavy atom. The van der Waals surface area contributed by atoms with Crippen molar-refractivity contribution in [2.75, 3.05) is 0 Å². The average Bonchev–Trinajstić information content (AvgIpc) is 3.40. The van der Waals surface area contributed by atoms with E-state index < -0.39 is 13.7 Å². The number of aromatic nitrogens is 2. The molecule has 3 heterocycles. The molecule has 4 aromatic carbocycles. The van der Waals surface area contributed by atoms with Crippen LogP contribution in [0.1, 0.15) is 29.8 Å². The van der Waals surface area contributed by atoms with Gasteiger partial charge in [-0.1, -0.05) is 67.0 Å². The molecule has 7 aromatic rings. The van der Waals surface area contributed by atoms with Crippen LogP contribution >= 0.6 is 11.3 Å². The minimum atomic E-state index is -2.29. The van der Waals surface area contributed by atoms with Crippen molar-refractivity contribution < 1.29 is 28.3 Å². The van der Waals surface area contributed by atoms with Crippen molar-refractivity contribution in [1.82, 2.24) is 9.97 Å². The molecule has 2 nitrogen and oxygen atoms in total. The first kappa shape index (κ1) is 24.2.